The second-order valence-electron chi connectivity index (χ2n) is 6.75. The van der Waals surface area contributed by atoms with Crippen molar-refractivity contribution in [1.82, 2.24) is 14.8 Å². The van der Waals surface area contributed by atoms with Crippen LogP contribution in [0.25, 0.3) is 0 Å². The van der Waals surface area contributed by atoms with Gasteiger partial charge in [0.05, 0.1) is 16.9 Å². The third-order valence-electron chi connectivity index (χ3n) is 4.35. The molecule has 0 saturated carbocycles. The Morgan fingerprint density at radius 2 is 1.70 bits per heavy atom. The van der Waals surface area contributed by atoms with E-state index in [1.807, 2.05) is 11.6 Å². The lowest BCUT2D eigenvalue weighted by Crippen LogP contribution is -2.39. The summed E-state index contributed by atoms with van der Waals surface area (Å²) in [4.78, 5) is 21.4. The molecular formula is C19H24N4O8S2. The van der Waals surface area contributed by atoms with Crippen LogP contribution in [0.3, 0.4) is 0 Å². The molecule has 2 rings (SSSR count). The van der Waals surface area contributed by atoms with Gasteiger partial charge in [-0.15, -0.1) is 0 Å². The van der Waals surface area contributed by atoms with E-state index in [2.05, 4.69) is 10.0 Å². The smallest absolute Gasteiger partial charge is 0.328 e. The molecule has 0 aliphatic carbocycles. The van der Waals surface area contributed by atoms with Gasteiger partial charge < -0.3 is 10.1 Å². The molecule has 0 aromatic heterocycles. The molecule has 0 radical (unpaired) electrons. The van der Waals surface area contributed by atoms with Gasteiger partial charge in [-0.1, -0.05) is 19.1 Å². The van der Waals surface area contributed by atoms with E-state index in [-0.39, 0.29) is 28.5 Å². The van der Waals surface area contributed by atoms with Crippen LogP contribution in [0.4, 0.5) is 10.5 Å². The predicted molar refractivity (Wildman–Crippen MR) is 119 cm³/mol. The number of nitro benzene ring substituents is 1. The van der Waals surface area contributed by atoms with Crippen LogP contribution < -0.4 is 19.5 Å². The maximum Gasteiger partial charge on any atom is 0.328 e. The zero-order valence-corrected chi connectivity index (χ0v) is 19.5. The van der Waals surface area contributed by atoms with Crippen LogP contribution in [0.15, 0.2) is 52.3 Å². The number of hydrogen-bond acceptors (Lipinski definition) is 8. The van der Waals surface area contributed by atoms with Gasteiger partial charge in [-0.25, -0.2) is 31.1 Å². The molecule has 2 aromatic carbocycles. The topological polar surface area (TPSA) is 174 Å². The Hall–Kier alpha value is -3.23. The van der Waals surface area contributed by atoms with Gasteiger partial charge in [-0.05, 0) is 36.6 Å². The summed E-state index contributed by atoms with van der Waals surface area (Å²) in [5.41, 5.74) is 0.225. The Bertz CT molecular complexity index is 1210. The molecule has 2 amide bonds. The van der Waals surface area contributed by atoms with Crippen LogP contribution >= 0.6 is 0 Å². The molecule has 180 valence electrons. The second kappa shape index (κ2) is 11.1. The van der Waals surface area contributed by atoms with Gasteiger partial charge in [-0.2, -0.15) is 0 Å². The predicted octanol–water partition coefficient (Wildman–Crippen LogP) is 1.52. The monoisotopic (exact) mass is 500 g/mol. The number of rotatable bonds is 11. The Labute approximate surface area is 191 Å². The van der Waals surface area contributed by atoms with Crippen molar-refractivity contribution in [3.63, 3.8) is 0 Å². The molecular weight excluding hydrogens is 476 g/mol. The lowest BCUT2D eigenvalue weighted by atomic mass is 10.2. The highest BCUT2D eigenvalue weighted by Crippen LogP contribution is 2.28. The van der Waals surface area contributed by atoms with Gasteiger partial charge in [0.25, 0.3) is 15.7 Å². The summed E-state index contributed by atoms with van der Waals surface area (Å²) in [5, 5.41) is 13.4. The number of urea groups is 1. The number of methoxy groups -OCH3 is 1. The SMILES string of the molecule is CCCNC(=O)NS(=O)(=O)c1ccc(CCNS(=O)(=O)c2cc([N+](=O)[O-])ccc2OC)cc1. The lowest BCUT2D eigenvalue weighted by molar-refractivity contribution is -0.385. The molecule has 0 heterocycles. The molecule has 0 spiro atoms. The van der Waals surface area contributed by atoms with Gasteiger partial charge in [-0.3, -0.25) is 10.1 Å². The number of amides is 2. The molecule has 14 heteroatoms. The Kier molecular flexibility index (Phi) is 8.73. The molecule has 2 aromatic rings. The maximum absolute atomic E-state index is 12.6. The highest BCUT2D eigenvalue weighted by atomic mass is 32.2. The van der Waals surface area contributed by atoms with Crippen LogP contribution in [-0.2, 0) is 26.5 Å². The van der Waals surface area contributed by atoms with E-state index < -0.39 is 36.7 Å². The van der Waals surface area contributed by atoms with Crippen LogP contribution in [-0.4, -0.2) is 48.0 Å². The Morgan fingerprint density at radius 1 is 1.03 bits per heavy atom. The van der Waals surface area contributed by atoms with E-state index in [0.29, 0.717) is 18.5 Å². The average molecular weight is 501 g/mol. The Balaban J connectivity index is 2.04. The third kappa shape index (κ3) is 7.13. The van der Waals surface area contributed by atoms with Gasteiger partial charge in [0.1, 0.15) is 10.6 Å². The number of sulfonamides is 2. The zero-order valence-electron chi connectivity index (χ0n) is 17.9. The number of nitrogens with zero attached hydrogens (tertiary/aromatic N) is 1. The number of benzene rings is 2. The first kappa shape index (κ1) is 26.0. The summed E-state index contributed by atoms with van der Waals surface area (Å²) >= 11 is 0. The molecule has 0 aliphatic rings. The molecule has 3 N–H and O–H groups in total. The van der Waals surface area contributed by atoms with Crippen LogP contribution in [0.2, 0.25) is 0 Å². The molecule has 0 unspecified atom stereocenters. The lowest BCUT2D eigenvalue weighted by Gasteiger charge is -2.11. The van der Waals surface area contributed by atoms with Crippen LogP contribution in [0.1, 0.15) is 18.9 Å². The van der Waals surface area contributed by atoms with Crippen molar-refractivity contribution >= 4 is 31.8 Å². The fraction of sp³-hybridized carbons (Fsp3) is 0.316. The van der Waals surface area contributed by atoms with Crippen LogP contribution in [0, 0.1) is 10.1 Å². The number of non-ortho nitro benzene ring substituents is 1. The minimum absolute atomic E-state index is 0.0434. The first-order valence-electron chi connectivity index (χ1n) is 9.72. The van der Waals surface area contributed by atoms with Crippen molar-refractivity contribution in [3.8, 4) is 5.75 Å². The molecule has 33 heavy (non-hydrogen) atoms. The summed E-state index contributed by atoms with van der Waals surface area (Å²) < 4.78 is 58.9. The van der Waals surface area contributed by atoms with Crippen molar-refractivity contribution in [2.24, 2.45) is 0 Å². The number of ether oxygens (including phenoxy) is 1. The number of carbonyl (C=O) groups excluding carboxylic acids is 1. The summed E-state index contributed by atoms with van der Waals surface area (Å²) in [6.45, 7) is 2.10. The molecule has 0 fully saturated rings. The summed E-state index contributed by atoms with van der Waals surface area (Å²) in [6.07, 6.45) is 0.862. The van der Waals surface area contributed by atoms with Crippen molar-refractivity contribution in [2.45, 2.75) is 29.6 Å². The van der Waals surface area contributed by atoms with E-state index in [0.717, 1.165) is 12.1 Å². The van der Waals surface area contributed by atoms with Gasteiger partial charge in [0.15, 0.2) is 0 Å². The highest BCUT2D eigenvalue weighted by Gasteiger charge is 2.23. The molecule has 12 nitrogen and oxygen atoms in total. The van der Waals surface area contributed by atoms with Crippen molar-refractivity contribution < 1.29 is 31.3 Å². The van der Waals surface area contributed by atoms with E-state index in [4.69, 9.17) is 4.74 Å². The number of nitro groups is 1. The van der Waals surface area contributed by atoms with E-state index in [9.17, 15) is 31.7 Å². The summed E-state index contributed by atoms with van der Waals surface area (Å²) in [7, 11) is -6.91. The fourth-order valence-corrected chi connectivity index (χ4v) is 4.83. The minimum Gasteiger partial charge on any atom is -0.495 e. The molecule has 0 atom stereocenters. The van der Waals surface area contributed by atoms with Crippen molar-refractivity contribution in [2.75, 3.05) is 20.2 Å². The van der Waals surface area contributed by atoms with Crippen molar-refractivity contribution in [1.29, 1.82) is 0 Å². The van der Waals surface area contributed by atoms with Crippen molar-refractivity contribution in [3.05, 3.63) is 58.1 Å². The van der Waals surface area contributed by atoms with Gasteiger partial charge in [0, 0.05) is 25.2 Å². The summed E-state index contributed by atoms with van der Waals surface area (Å²) in [5.74, 6) is -0.0434. The second-order valence-corrected chi connectivity index (χ2v) is 10.2. The molecule has 0 saturated heterocycles. The van der Waals surface area contributed by atoms with Crippen LogP contribution in [0.5, 0.6) is 5.75 Å². The van der Waals surface area contributed by atoms with E-state index >= 15 is 0 Å². The average Bonchev–Trinajstić information content (AvgIpc) is 2.77. The highest BCUT2D eigenvalue weighted by molar-refractivity contribution is 7.90. The zero-order chi connectivity index (χ0) is 24.6. The standard InChI is InChI=1S/C19H24N4O8S2/c1-3-11-20-19(24)22-32(27,28)16-7-4-14(5-8-16)10-12-21-33(29,30)18-13-15(23(25)26)6-9-17(18)31-2/h4-9,13,21H,3,10-12H2,1-2H3,(H2,20,22,24). The largest absolute Gasteiger partial charge is 0.495 e. The first-order valence-corrected chi connectivity index (χ1v) is 12.7. The summed E-state index contributed by atoms with van der Waals surface area (Å²) in [6, 6.07) is 7.97. The molecule has 0 bridgehead atoms. The van der Waals surface area contributed by atoms with Gasteiger partial charge >= 0.3 is 6.03 Å². The van der Waals surface area contributed by atoms with Gasteiger partial charge in [0.2, 0.25) is 10.0 Å². The number of hydrogen-bond donors (Lipinski definition) is 3. The Morgan fingerprint density at radius 3 is 2.27 bits per heavy atom. The quantitative estimate of drug-likeness (QED) is 0.307. The van der Waals surface area contributed by atoms with E-state index in [1.165, 1.54) is 37.4 Å². The fourth-order valence-electron chi connectivity index (χ4n) is 2.69. The third-order valence-corrected chi connectivity index (χ3v) is 7.18. The first-order chi connectivity index (χ1) is 15.5. The normalized spacial score (nSPS) is 11.6. The number of carbonyl (C=O) groups is 1. The minimum atomic E-state index is -4.11. The number of nitrogens with one attached hydrogen (secondary N) is 3. The maximum atomic E-state index is 12.6. The molecule has 0 aliphatic heterocycles. The van der Waals surface area contributed by atoms with E-state index in [1.54, 1.807) is 0 Å².